The van der Waals surface area contributed by atoms with Crippen LogP contribution in [0.5, 0.6) is 0 Å². The summed E-state index contributed by atoms with van der Waals surface area (Å²) < 4.78 is 65.4. The summed E-state index contributed by atoms with van der Waals surface area (Å²) in [5.74, 6) is 0. The molecule has 0 radical (unpaired) electrons. The van der Waals surface area contributed by atoms with Crippen molar-refractivity contribution in [2.45, 2.75) is 11.1 Å². The second kappa shape index (κ2) is 6.29. The van der Waals surface area contributed by atoms with Crippen LogP contribution in [0.2, 0.25) is 5.02 Å². The lowest BCUT2D eigenvalue weighted by Gasteiger charge is -2.14. The number of nitro groups is 1. The van der Waals surface area contributed by atoms with E-state index in [2.05, 4.69) is 0 Å². The van der Waals surface area contributed by atoms with Gasteiger partial charge in [0.1, 0.15) is 0 Å². The molecule has 0 spiro atoms. The number of hydrogen-bond acceptors (Lipinski definition) is 4. The van der Waals surface area contributed by atoms with E-state index in [0.717, 1.165) is 36.4 Å². The molecule has 0 bridgehead atoms. The minimum absolute atomic E-state index is 0.122. The van der Waals surface area contributed by atoms with E-state index < -0.39 is 31.6 Å². The maximum Gasteiger partial charge on any atom is 0.417 e. The van der Waals surface area contributed by atoms with E-state index in [1.807, 2.05) is 4.72 Å². The summed E-state index contributed by atoms with van der Waals surface area (Å²) in [7, 11) is -4.58. The summed E-state index contributed by atoms with van der Waals surface area (Å²) in [6.07, 6.45) is -4.93. The Kier molecular flexibility index (Phi) is 4.72. The van der Waals surface area contributed by atoms with Crippen molar-refractivity contribution in [3.63, 3.8) is 0 Å². The van der Waals surface area contributed by atoms with Crippen molar-refractivity contribution in [3.8, 4) is 0 Å². The smallest absolute Gasteiger partial charge is 0.280 e. The Balaban J connectivity index is 2.43. The number of halogens is 4. The van der Waals surface area contributed by atoms with Crippen LogP contribution >= 0.6 is 11.6 Å². The molecule has 2 aromatic carbocycles. The van der Waals surface area contributed by atoms with Gasteiger partial charge in [-0.1, -0.05) is 11.6 Å². The highest BCUT2D eigenvalue weighted by Gasteiger charge is 2.37. The van der Waals surface area contributed by atoms with Crippen LogP contribution in [-0.2, 0) is 16.2 Å². The quantitative estimate of drug-likeness (QED) is 0.639. The van der Waals surface area contributed by atoms with Gasteiger partial charge < -0.3 is 0 Å². The molecule has 0 saturated heterocycles. The normalized spacial score (nSPS) is 12.0. The molecule has 0 heterocycles. The molecule has 11 heteroatoms. The number of alkyl halides is 3. The largest absolute Gasteiger partial charge is 0.417 e. The molecule has 0 unspecified atom stereocenters. The molecular formula is C13H8ClF3N2O4S. The lowest BCUT2D eigenvalue weighted by Crippen LogP contribution is -2.19. The number of benzene rings is 2. The number of nitro benzene ring substituents is 1. The SMILES string of the molecule is O=[N+]([O-])c1ccc(NS(=O)(=O)c2ccc(Cl)cc2C(F)(F)F)cc1. The third-order valence-electron chi connectivity index (χ3n) is 2.87. The molecular weight excluding hydrogens is 373 g/mol. The summed E-state index contributed by atoms with van der Waals surface area (Å²) in [4.78, 5) is 8.84. The van der Waals surface area contributed by atoms with Crippen molar-refractivity contribution < 1.29 is 26.5 Å². The molecule has 0 atom stereocenters. The number of nitrogens with zero attached hydrogens (tertiary/aromatic N) is 1. The predicted molar refractivity (Wildman–Crippen MR) is 80.4 cm³/mol. The van der Waals surface area contributed by atoms with Gasteiger partial charge >= 0.3 is 6.18 Å². The van der Waals surface area contributed by atoms with Gasteiger partial charge in [0.15, 0.2) is 0 Å². The number of sulfonamides is 1. The predicted octanol–water partition coefficient (Wildman–Crippen LogP) is 4.07. The first kappa shape index (κ1) is 18.0. The minimum Gasteiger partial charge on any atom is -0.280 e. The molecule has 0 fully saturated rings. The highest BCUT2D eigenvalue weighted by atomic mass is 35.5. The van der Waals surface area contributed by atoms with Gasteiger partial charge in [0.25, 0.3) is 15.7 Å². The standard InChI is InChI=1S/C13H8ClF3N2O4S/c14-8-1-6-12(11(7-8)13(15,16)17)24(22,23)18-9-2-4-10(5-3-9)19(20)21/h1-7,18H. The van der Waals surface area contributed by atoms with Crippen LogP contribution in [0.4, 0.5) is 24.5 Å². The fourth-order valence-electron chi connectivity index (χ4n) is 1.82. The van der Waals surface area contributed by atoms with Crippen molar-refractivity contribution >= 4 is 33.0 Å². The molecule has 2 rings (SSSR count). The molecule has 1 N–H and O–H groups in total. The van der Waals surface area contributed by atoms with E-state index in [1.54, 1.807) is 0 Å². The van der Waals surface area contributed by atoms with Crippen LogP contribution in [0.15, 0.2) is 47.4 Å². The average molecular weight is 381 g/mol. The molecule has 24 heavy (non-hydrogen) atoms. The lowest BCUT2D eigenvalue weighted by molar-refractivity contribution is -0.384. The Morgan fingerprint density at radius 1 is 1.08 bits per heavy atom. The van der Waals surface area contributed by atoms with Gasteiger partial charge in [0.2, 0.25) is 0 Å². The Morgan fingerprint density at radius 3 is 2.17 bits per heavy atom. The highest BCUT2D eigenvalue weighted by molar-refractivity contribution is 7.92. The van der Waals surface area contributed by atoms with E-state index in [0.29, 0.717) is 6.07 Å². The van der Waals surface area contributed by atoms with Crippen molar-refractivity contribution in [3.05, 3.63) is 63.2 Å². The second-order valence-electron chi connectivity index (χ2n) is 4.55. The van der Waals surface area contributed by atoms with Crippen molar-refractivity contribution in [1.29, 1.82) is 0 Å². The summed E-state index contributed by atoms with van der Waals surface area (Å²) >= 11 is 5.50. The maximum absolute atomic E-state index is 13.0. The zero-order valence-corrected chi connectivity index (χ0v) is 13.1. The third-order valence-corrected chi connectivity index (χ3v) is 4.54. The first-order chi connectivity index (χ1) is 11.0. The number of anilines is 1. The monoisotopic (exact) mass is 380 g/mol. The van der Waals surface area contributed by atoms with E-state index in [9.17, 15) is 31.7 Å². The van der Waals surface area contributed by atoms with Crippen molar-refractivity contribution in [1.82, 2.24) is 0 Å². The number of hydrogen-bond donors (Lipinski definition) is 1. The van der Waals surface area contributed by atoms with Gasteiger partial charge in [-0.15, -0.1) is 0 Å². The number of non-ortho nitro benzene ring substituents is 1. The first-order valence-electron chi connectivity index (χ1n) is 6.15. The van der Waals surface area contributed by atoms with Gasteiger partial charge in [-0.05, 0) is 30.3 Å². The van der Waals surface area contributed by atoms with E-state index in [4.69, 9.17) is 11.6 Å². The Morgan fingerprint density at radius 2 is 1.67 bits per heavy atom. The molecule has 0 saturated carbocycles. The van der Waals surface area contributed by atoms with E-state index in [1.165, 1.54) is 0 Å². The molecule has 128 valence electrons. The highest BCUT2D eigenvalue weighted by Crippen LogP contribution is 2.36. The summed E-state index contributed by atoms with van der Waals surface area (Å²) in [6.45, 7) is 0. The Bertz CT molecular complexity index is 883. The van der Waals surface area contributed by atoms with Crippen LogP contribution in [0.25, 0.3) is 0 Å². The molecule has 0 aliphatic heterocycles. The summed E-state index contributed by atoms with van der Waals surface area (Å²) in [6, 6.07) is 6.43. The van der Waals surface area contributed by atoms with Gasteiger partial charge in [-0.2, -0.15) is 13.2 Å². The number of rotatable bonds is 4. The second-order valence-corrected chi connectivity index (χ2v) is 6.63. The van der Waals surface area contributed by atoms with E-state index >= 15 is 0 Å². The maximum atomic E-state index is 13.0. The Labute approximate surface area is 139 Å². The van der Waals surface area contributed by atoms with Crippen LogP contribution in [0, 0.1) is 10.1 Å². The van der Waals surface area contributed by atoms with Crippen molar-refractivity contribution in [2.75, 3.05) is 4.72 Å². The first-order valence-corrected chi connectivity index (χ1v) is 8.01. The van der Waals surface area contributed by atoms with Crippen molar-refractivity contribution in [2.24, 2.45) is 0 Å². The molecule has 0 amide bonds. The van der Waals surface area contributed by atoms with Crippen LogP contribution in [-0.4, -0.2) is 13.3 Å². The summed E-state index contributed by atoms with van der Waals surface area (Å²) in [5.41, 5.74) is -1.83. The van der Waals surface area contributed by atoms with E-state index in [-0.39, 0.29) is 16.4 Å². The zero-order valence-electron chi connectivity index (χ0n) is 11.5. The lowest BCUT2D eigenvalue weighted by atomic mass is 10.2. The molecule has 0 aliphatic carbocycles. The fraction of sp³-hybridized carbons (Fsp3) is 0.0769. The minimum atomic E-state index is -4.93. The summed E-state index contributed by atoms with van der Waals surface area (Å²) in [5, 5.41) is 10.3. The molecule has 6 nitrogen and oxygen atoms in total. The third kappa shape index (κ3) is 3.95. The molecule has 0 aliphatic rings. The van der Waals surface area contributed by atoms with Crippen LogP contribution in [0.1, 0.15) is 5.56 Å². The van der Waals surface area contributed by atoms with Gasteiger partial charge in [-0.25, -0.2) is 8.42 Å². The molecule has 0 aromatic heterocycles. The van der Waals surface area contributed by atoms with Gasteiger partial charge in [0.05, 0.1) is 15.4 Å². The van der Waals surface area contributed by atoms with Crippen LogP contribution in [0.3, 0.4) is 0 Å². The molecule has 2 aromatic rings. The topological polar surface area (TPSA) is 89.3 Å². The van der Waals surface area contributed by atoms with Gasteiger partial charge in [0, 0.05) is 22.8 Å². The average Bonchev–Trinajstić information content (AvgIpc) is 2.46. The Hall–Kier alpha value is -2.33. The number of nitrogens with one attached hydrogen (secondary N) is 1. The zero-order chi connectivity index (χ0) is 18.1. The van der Waals surface area contributed by atoms with Gasteiger partial charge in [-0.3, -0.25) is 14.8 Å². The van der Waals surface area contributed by atoms with Crippen LogP contribution < -0.4 is 4.72 Å². The fourth-order valence-corrected chi connectivity index (χ4v) is 3.26.